The van der Waals surface area contributed by atoms with Gasteiger partial charge in [0.05, 0.1) is 0 Å². The fraction of sp³-hybridized carbons (Fsp3) is 0. The molecule has 0 unspecified atom stereocenters. The molecule has 3 aromatic heterocycles. The van der Waals surface area contributed by atoms with E-state index in [9.17, 15) is 0 Å². The summed E-state index contributed by atoms with van der Waals surface area (Å²) in [6.07, 6.45) is 3.70. The van der Waals surface area contributed by atoms with E-state index in [1.165, 1.54) is 31.3 Å². The largest absolute Gasteiger partial charge is 0.264 e. The van der Waals surface area contributed by atoms with Crippen molar-refractivity contribution in [2.24, 2.45) is 0 Å². The molecule has 238 valence electrons. The van der Waals surface area contributed by atoms with Crippen LogP contribution in [0.5, 0.6) is 0 Å². The van der Waals surface area contributed by atoms with Crippen LogP contribution in [0.1, 0.15) is 0 Å². The fourth-order valence-corrected chi connectivity index (χ4v) is 8.34. The Morgan fingerprint density at radius 3 is 1.80 bits per heavy atom. The predicted molar refractivity (Wildman–Crippen MR) is 213 cm³/mol. The number of thiophene rings is 1. The van der Waals surface area contributed by atoms with Gasteiger partial charge in [-0.2, -0.15) is 0 Å². The first-order valence-electron chi connectivity index (χ1n) is 17.0. The summed E-state index contributed by atoms with van der Waals surface area (Å²) in [5.74, 6) is 1.95. The lowest BCUT2D eigenvalue weighted by Gasteiger charge is -2.13. The van der Waals surface area contributed by atoms with Gasteiger partial charge in [0.15, 0.2) is 17.5 Å². The maximum Gasteiger partial charge on any atom is 0.165 e. The zero-order valence-corrected chi connectivity index (χ0v) is 28.2. The Balaban J connectivity index is 1.19. The Morgan fingerprint density at radius 2 is 1.00 bits per heavy atom. The molecule has 10 aromatic rings. The summed E-state index contributed by atoms with van der Waals surface area (Å²) in [7, 11) is 0. The molecule has 10 rings (SSSR count). The molecular formula is C46H28N4S. The van der Waals surface area contributed by atoms with Crippen LogP contribution in [0, 0.1) is 0 Å². The summed E-state index contributed by atoms with van der Waals surface area (Å²) < 4.78 is 2.42. The van der Waals surface area contributed by atoms with E-state index in [0.717, 1.165) is 49.4 Å². The number of aromatic nitrogens is 4. The van der Waals surface area contributed by atoms with Crippen molar-refractivity contribution in [1.82, 2.24) is 19.9 Å². The average Bonchev–Trinajstić information content (AvgIpc) is 3.59. The fourth-order valence-electron chi connectivity index (χ4n) is 7.13. The quantitative estimate of drug-likeness (QED) is 0.183. The monoisotopic (exact) mass is 668 g/mol. The summed E-state index contributed by atoms with van der Waals surface area (Å²) in [4.78, 5) is 20.0. The predicted octanol–water partition coefficient (Wildman–Crippen LogP) is 12.3. The van der Waals surface area contributed by atoms with E-state index in [-0.39, 0.29) is 0 Å². The molecule has 0 bridgehead atoms. The highest BCUT2D eigenvalue weighted by Crippen LogP contribution is 2.41. The summed E-state index contributed by atoms with van der Waals surface area (Å²) in [5, 5.41) is 6.98. The Bertz CT molecular complexity index is 2920. The van der Waals surface area contributed by atoms with Gasteiger partial charge in [0.2, 0.25) is 0 Å². The van der Waals surface area contributed by atoms with Crippen LogP contribution in [0.25, 0.3) is 98.1 Å². The summed E-state index contributed by atoms with van der Waals surface area (Å²) in [6, 6.07) is 55.5. The molecule has 0 aliphatic heterocycles. The summed E-state index contributed by atoms with van der Waals surface area (Å²) in [6.45, 7) is 0. The molecule has 0 atom stereocenters. The molecule has 0 N–H and O–H groups in total. The second-order valence-electron chi connectivity index (χ2n) is 12.7. The number of hydrogen-bond acceptors (Lipinski definition) is 5. The maximum atomic E-state index is 5.26. The summed E-state index contributed by atoms with van der Waals surface area (Å²) >= 11 is 1.79. The van der Waals surface area contributed by atoms with Crippen molar-refractivity contribution in [2.75, 3.05) is 0 Å². The van der Waals surface area contributed by atoms with E-state index in [0.29, 0.717) is 17.5 Å². The molecule has 0 aliphatic rings. The van der Waals surface area contributed by atoms with Crippen molar-refractivity contribution in [2.45, 2.75) is 0 Å². The highest BCUT2D eigenvalue weighted by atomic mass is 32.1. The number of rotatable bonds is 5. The molecule has 0 fully saturated rings. The second kappa shape index (κ2) is 12.1. The molecule has 0 spiro atoms. The normalized spacial score (nSPS) is 11.5. The van der Waals surface area contributed by atoms with Crippen molar-refractivity contribution < 1.29 is 0 Å². The lowest BCUT2D eigenvalue weighted by Crippen LogP contribution is -2.01. The van der Waals surface area contributed by atoms with E-state index in [2.05, 4.69) is 157 Å². The standard InChI is InChI=1S/C46H28N4S/c1-2-10-29(11-3-1)35-23-24-40(37-14-5-4-13-36(35)37)45-48-44(33-22-21-30-26-32(20-19-31(30)27-33)34-12-9-25-47-28-34)49-46(50-45)41-17-8-16-39-38-15-6-7-18-42(38)51-43(39)41/h1-28H. The summed E-state index contributed by atoms with van der Waals surface area (Å²) in [5.41, 5.74) is 7.50. The van der Waals surface area contributed by atoms with Gasteiger partial charge in [-0.05, 0) is 74.6 Å². The molecule has 7 aromatic carbocycles. The van der Waals surface area contributed by atoms with Gasteiger partial charge in [0, 0.05) is 54.8 Å². The second-order valence-corrected chi connectivity index (χ2v) is 13.7. The molecule has 0 radical (unpaired) electrons. The molecule has 0 saturated heterocycles. The van der Waals surface area contributed by atoms with Crippen molar-refractivity contribution in [3.8, 4) is 56.4 Å². The zero-order valence-electron chi connectivity index (χ0n) is 27.4. The first kappa shape index (κ1) is 29.4. The van der Waals surface area contributed by atoms with E-state index in [1.54, 1.807) is 17.5 Å². The minimum Gasteiger partial charge on any atom is -0.264 e. The number of benzene rings is 7. The molecule has 0 aliphatic carbocycles. The third kappa shape index (κ3) is 5.14. The van der Waals surface area contributed by atoms with Gasteiger partial charge >= 0.3 is 0 Å². The van der Waals surface area contributed by atoms with Crippen molar-refractivity contribution >= 4 is 53.1 Å². The van der Waals surface area contributed by atoms with E-state index < -0.39 is 0 Å². The van der Waals surface area contributed by atoms with Crippen LogP contribution in [0.15, 0.2) is 170 Å². The van der Waals surface area contributed by atoms with Crippen LogP contribution >= 0.6 is 11.3 Å². The van der Waals surface area contributed by atoms with E-state index in [4.69, 9.17) is 15.0 Å². The van der Waals surface area contributed by atoms with Gasteiger partial charge in [-0.15, -0.1) is 11.3 Å². The van der Waals surface area contributed by atoms with Crippen LogP contribution < -0.4 is 0 Å². The highest BCUT2D eigenvalue weighted by molar-refractivity contribution is 7.26. The number of fused-ring (bicyclic) bond motifs is 5. The number of nitrogens with zero attached hydrogens (tertiary/aromatic N) is 4. The van der Waals surface area contributed by atoms with Gasteiger partial charge in [-0.3, -0.25) is 4.98 Å². The SMILES string of the molecule is c1ccc(-c2ccc(-c3nc(-c4ccc5cc(-c6cccnc6)ccc5c4)nc(-c4cccc5c4sc4ccccc45)n3)c3ccccc23)cc1. The van der Waals surface area contributed by atoms with Crippen LogP contribution in [0.2, 0.25) is 0 Å². The Labute approximate surface area is 298 Å². The molecule has 3 heterocycles. The molecule has 0 amide bonds. The van der Waals surface area contributed by atoms with Crippen LogP contribution in [0.4, 0.5) is 0 Å². The molecule has 4 nitrogen and oxygen atoms in total. The van der Waals surface area contributed by atoms with Crippen molar-refractivity contribution in [1.29, 1.82) is 0 Å². The Morgan fingerprint density at radius 1 is 0.373 bits per heavy atom. The minimum atomic E-state index is 0.641. The van der Waals surface area contributed by atoms with E-state index >= 15 is 0 Å². The minimum absolute atomic E-state index is 0.641. The maximum absolute atomic E-state index is 5.26. The molecule has 5 heteroatoms. The number of hydrogen-bond donors (Lipinski definition) is 0. The van der Waals surface area contributed by atoms with Gasteiger partial charge in [0.1, 0.15) is 0 Å². The smallest absolute Gasteiger partial charge is 0.165 e. The van der Waals surface area contributed by atoms with Crippen molar-refractivity contribution in [3.63, 3.8) is 0 Å². The van der Waals surface area contributed by atoms with Crippen LogP contribution in [0.3, 0.4) is 0 Å². The Hall–Kier alpha value is -6.56. The van der Waals surface area contributed by atoms with Gasteiger partial charge in [0.25, 0.3) is 0 Å². The number of pyridine rings is 1. The highest BCUT2D eigenvalue weighted by Gasteiger charge is 2.19. The van der Waals surface area contributed by atoms with E-state index in [1.807, 2.05) is 12.3 Å². The Kier molecular flexibility index (Phi) is 6.96. The first-order valence-corrected chi connectivity index (χ1v) is 17.8. The topological polar surface area (TPSA) is 51.6 Å². The molecule has 0 saturated carbocycles. The van der Waals surface area contributed by atoms with Crippen LogP contribution in [-0.2, 0) is 0 Å². The third-order valence-corrected chi connectivity index (χ3v) is 10.8. The molecule has 51 heavy (non-hydrogen) atoms. The lowest BCUT2D eigenvalue weighted by molar-refractivity contribution is 1.08. The first-order chi connectivity index (χ1) is 25.3. The molecular weight excluding hydrogens is 641 g/mol. The lowest BCUT2D eigenvalue weighted by atomic mass is 9.94. The third-order valence-electron chi connectivity index (χ3n) is 9.62. The van der Waals surface area contributed by atoms with Crippen molar-refractivity contribution in [3.05, 3.63) is 170 Å². The average molecular weight is 669 g/mol. The van der Waals surface area contributed by atoms with Crippen LogP contribution in [-0.4, -0.2) is 19.9 Å². The zero-order chi connectivity index (χ0) is 33.7. The van der Waals surface area contributed by atoms with Gasteiger partial charge in [-0.25, -0.2) is 15.0 Å². The van der Waals surface area contributed by atoms with Gasteiger partial charge < -0.3 is 0 Å². The van der Waals surface area contributed by atoms with Gasteiger partial charge in [-0.1, -0.05) is 121 Å².